The second-order valence-corrected chi connectivity index (χ2v) is 7.51. The van der Waals surface area contributed by atoms with Gasteiger partial charge in [0.1, 0.15) is 16.8 Å². The molecule has 0 radical (unpaired) electrons. The number of thioether (sulfide) groups is 1. The average Bonchev–Trinajstić information content (AvgIpc) is 3.17. The van der Waals surface area contributed by atoms with Crippen molar-refractivity contribution in [2.75, 3.05) is 5.32 Å². The first-order chi connectivity index (χ1) is 12.9. The number of carbonyl (C=O) groups is 2. The molecular formula is C18H17ClN4O3S. The van der Waals surface area contributed by atoms with Gasteiger partial charge >= 0.3 is 0 Å². The van der Waals surface area contributed by atoms with Crippen molar-refractivity contribution >= 4 is 52.2 Å². The molecule has 1 aromatic carbocycles. The number of anilines is 1. The van der Waals surface area contributed by atoms with E-state index in [1.165, 1.54) is 6.21 Å². The molecule has 1 atom stereocenters. The minimum Gasteiger partial charge on any atom is -0.460 e. The normalized spacial score (nSPS) is 18.3. The first-order valence-electron chi connectivity index (χ1n) is 8.11. The smallest absolute Gasteiger partial charge is 0.240 e. The van der Waals surface area contributed by atoms with Gasteiger partial charge in [-0.15, -0.1) is 5.10 Å². The molecule has 7 nitrogen and oxygen atoms in total. The summed E-state index contributed by atoms with van der Waals surface area (Å²) < 4.78 is 5.34. The highest BCUT2D eigenvalue weighted by molar-refractivity contribution is 8.15. The van der Waals surface area contributed by atoms with Gasteiger partial charge in [0.05, 0.1) is 6.21 Å². The average molecular weight is 405 g/mol. The topological polar surface area (TPSA) is 96.1 Å². The van der Waals surface area contributed by atoms with Gasteiger partial charge in [0, 0.05) is 17.1 Å². The van der Waals surface area contributed by atoms with Crippen LogP contribution in [-0.2, 0) is 9.59 Å². The molecule has 2 amide bonds. The van der Waals surface area contributed by atoms with Gasteiger partial charge in [0.2, 0.25) is 11.8 Å². The molecule has 1 fully saturated rings. The SMILES string of the molecule is Cc1ccc(C=N/N=C2\NC(=O)C(CC(=O)Nc3ccc(C)c(Cl)c3)S2)o1. The standard InChI is InChI=1S/C18H17ClN4O3S/c1-10-3-5-12(7-14(10)19)21-16(24)8-15-17(25)22-18(27-15)23-20-9-13-6-4-11(2)26-13/h3-7,9,15H,8H2,1-2H3,(H,21,24)(H,22,23,25). The summed E-state index contributed by atoms with van der Waals surface area (Å²) in [5.41, 5.74) is 1.51. The number of nitrogens with one attached hydrogen (secondary N) is 2. The molecule has 3 rings (SSSR count). The Morgan fingerprint density at radius 3 is 2.89 bits per heavy atom. The summed E-state index contributed by atoms with van der Waals surface area (Å²) in [4.78, 5) is 24.2. The Morgan fingerprint density at radius 2 is 2.19 bits per heavy atom. The number of nitrogens with zero attached hydrogens (tertiary/aromatic N) is 2. The maximum absolute atomic E-state index is 12.2. The molecule has 27 heavy (non-hydrogen) atoms. The summed E-state index contributed by atoms with van der Waals surface area (Å²) in [6.45, 7) is 3.71. The van der Waals surface area contributed by atoms with Crippen molar-refractivity contribution in [1.82, 2.24) is 5.32 Å². The van der Waals surface area contributed by atoms with Crippen LogP contribution < -0.4 is 10.6 Å². The van der Waals surface area contributed by atoms with Crippen molar-refractivity contribution < 1.29 is 14.0 Å². The van der Waals surface area contributed by atoms with E-state index in [1.54, 1.807) is 18.2 Å². The molecule has 0 aliphatic carbocycles. The Bertz CT molecular complexity index is 938. The monoisotopic (exact) mass is 404 g/mol. The highest BCUT2D eigenvalue weighted by Crippen LogP contribution is 2.24. The minimum absolute atomic E-state index is 0.0160. The zero-order valence-electron chi connectivity index (χ0n) is 14.7. The van der Waals surface area contributed by atoms with Crippen LogP contribution in [0.15, 0.2) is 45.0 Å². The van der Waals surface area contributed by atoms with E-state index in [9.17, 15) is 9.59 Å². The lowest BCUT2D eigenvalue weighted by Crippen LogP contribution is -2.28. The van der Waals surface area contributed by atoms with E-state index >= 15 is 0 Å². The Morgan fingerprint density at radius 1 is 1.37 bits per heavy atom. The molecule has 2 heterocycles. The summed E-state index contributed by atoms with van der Waals surface area (Å²) in [6, 6.07) is 8.84. The Labute approximate surface area is 165 Å². The van der Waals surface area contributed by atoms with E-state index in [0.717, 1.165) is 23.1 Å². The predicted molar refractivity (Wildman–Crippen MR) is 107 cm³/mol. The second-order valence-electron chi connectivity index (χ2n) is 5.91. The molecule has 1 aromatic heterocycles. The van der Waals surface area contributed by atoms with Gasteiger partial charge in [0.15, 0.2) is 5.17 Å². The van der Waals surface area contributed by atoms with Crippen LogP contribution in [0.25, 0.3) is 0 Å². The summed E-state index contributed by atoms with van der Waals surface area (Å²) in [7, 11) is 0. The molecule has 1 aliphatic heterocycles. The van der Waals surface area contributed by atoms with Gasteiger partial charge in [-0.1, -0.05) is 29.4 Å². The van der Waals surface area contributed by atoms with Gasteiger partial charge < -0.3 is 15.1 Å². The lowest BCUT2D eigenvalue weighted by molar-refractivity contribution is -0.122. The second kappa shape index (κ2) is 8.41. The highest BCUT2D eigenvalue weighted by Gasteiger charge is 2.32. The van der Waals surface area contributed by atoms with Crippen LogP contribution in [0.4, 0.5) is 5.69 Å². The van der Waals surface area contributed by atoms with Crippen LogP contribution in [0, 0.1) is 13.8 Å². The molecule has 1 unspecified atom stereocenters. The maximum atomic E-state index is 12.2. The summed E-state index contributed by atoms with van der Waals surface area (Å²) in [5.74, 6) is 0.783. The van der Waals surface area contributed by atoms with Crippen molar-refractivity contribution in [2.45, 2.75) is 25.5 Å². The van der Waals surface area contributed by atoms with Gasteiger partial charge in [0.25, 0.3) is 0 Å². The van der Waals surface area contributed by atoms with Crippen LogP contribution >= 0.6 is 23.4 Å². The van der Waals surface area contributed by atoms with Crippen molar-refractivity contribution in [3.63, 3.8) is 0 Å². The molecule has 9 heteroatoms. The Hall–Kier alpha value is -2.58. The van der Waals surface area contributed by atoms with E-state index in [1.807, 2.05) is 26.0 Å². The van der Waals surface area contributed by atoms with Crippen molar-refractivity contribution in [3.8, 4) is 0 Å². The summed E-state index contributed by atoms with van der Waals surface area (Å²) >= 11 is 7.21. The number of rotatable bonds is 5. The first kappa shape index (κ1) is 19.2. The van der Waals surface area contributed by atoms with Crippen LogP contribution in [0.5, 0.6) is 0 Å². The fourth-order valence-electron chi connectivity index (χ4n) is 2.30. The summed E-state index contributed by atoms with van der Waals surface area (Å²) in [5, 5.41) is 13.5. The molecule has 1 aliphatic rings. The van der Waals surface area contributed by atoms with Gasteiger partial charge in [-0.3, -0.25) is 9.59 Å². The molecule has 140 valence electrons. The van der Waals surface area contributed by atoms with Crippen LogP contribution in [0.2, 0.25) is 5.02 Å². The molecule has 2 aromatic rings. The number of hydrogen-bond donors (Lipinski definition) is 2. The molecule has 2 N–H and O–H groups in total. The van der Waals surface area contributed by atoms with E-state index in [4.69, 9.17) is 16.0 Å². The van der Waals surface area contributed by atoms with E-state index in [0.29, 0.717) is 21.6 Å². The van der Waals surface area contributed by atoms with Crippen molar-refractivity contribution in [2.24, 2.45) is 10.2 Å². The number of furan rings is 1. The third kappa shape index (κ3) is 5.21. The molecular weight excluding hydrogens is 388 g/mol. The quantitative estimate of drug-likeness (QED) is 0.588. The Kier molecular flexibility index (Phi) is 5.98. The third-order valence-electron chi connectivity index (χ3n) is 3.70. The fourth-order valence-corrected chi connectivity index (χ4v) is 3.40. The molecule has 0 spiro atoms. The van der Waals surface area contributed by atoms with E-state index in [-0.39, 0.29) is 18.2 Å². The van der Waals surface area contributed by atoms with Crippen LogP contribution in [0.1, 0.15) is 23.5 Å². The largest absolute Gasteiger partial charge is 0.460 e. The van der Waals surface area contributed by atoms with Gasteiger partial charge in [-0.05, 0) is 43.7 Å². The van der Waals surface area contributed by atoms with Crippen molar-refractivity contribution in [1.29, 1.82) is 0 Å². The van der Waals surface area contributed by atoms with Gasteiger partial charge in [-0.25, -0.2) is 0 Å². The molecule has 1 saturated heterocycles. The van der Waals surface area contributed by atoms with Gasteiger partial charge in [-0.2, -0.15) is 5.10 Å². The highest BCUT2D eigenvalue weighted by atomic mass is 35.5. The number of benzene rings is 1. The zero-order chi connectivity index (χ0) is 19.4. The lowest BCUT2D eigenvalue weighted by Gasteiger charge is -2.08. The lowest BCUT2D eigenvalue weighted by atomic mass is 10.2. The maximum Gasteiger partial charge on any atom is 0.240 e. The van der Waals surface area contributed by atoms with Crippen LogP contribution in [-0.4, -0.2) is 28.4 Å². The van der Waals surface area contributed by atoms with E-state index in [2.05, 4.69) is 20.8 Å². The third-order valence-corrected chi connectivity index (χ3v) is 5.18. The van der Waals surface area contributed by atoms with Crippen LogP contribution in [0.3, 0.4) is 0 Å². The summed E-state index contributed by atoms with van der Waals surface area (Å²) in [6.07, 6.45) is 1.47. The number of hydrogen-bond acceptors (Lipinski definition) is 6. The first-order valence-corrected chi connectivity index (χ1v) is 9.37. The molecule has 0 bridgehead atoms. The number of aryl methyl sites for hydroxylation is 2. The van der Waals surface area contributed by atoms with E-state index < -0.39 is 5.25 Å². The number of halogens is 1. The van der Waals surface area contributed by atoms with Crippen molar-refractivity contribution in [3.05, 3.63) is 52.4 Å². The zero-order valence-corrected chi connectivity index (χ0v) is 16.2. The number of amides is 2. The molecule has 0 saturated carbocycles. The number of amidine groups is 1. The fraction of sp³-hybridized carbons (Fsp3) is 0.222. The predicted octanol–water partition coefficient (Wildman–Crippen LogP) is 3.50. The number of carbonyl (C=O) groups excluding carboxylic acids is 2. The minimum atomic E-state index is -0.564. The Balaban J connectivity index is 1.55.